The van der Waals surface area contributed by atoms with E-state index in [9.17, 15) is 14.4 Å². The minimum absolute atomic E-state index is 0.160. The molecular formula is C34H46N2O4. The number of carbonyl (C=O) groups is 3. The number of hydrogen-bond acceptors (Lipinski definition) is 5. The van der Waals surface area contributed by atoms with Gasteiger partial charge in [-0.25, -0.2) is 9.79 Å². The van der Waals surface area contributed by atoms with Crippen molar-refractivity contribution in [2.75, 3.05) is 5.32 Å². The van der Waals surface area contributed by atoms with Crippen molar-refractivity contribution in [3.63, 3.8) is 0 Å². The number of nitrogens with zero attached hydrogens (tertiary/aromatic N) is 1. The largest absolute Gasteiger partial charge is 0.389 e. The smallest absolute Gasteiger partial charge is 0.347 e. The van der Waals surface area contributed by atoms with Crippen LogP contribution in [0, 0.1) is 0 Å². The normalized spacial score (nSPS) is 13.3. The van der Waals surface area contributed by atoms with Gasteiger partial charge in [-0.3, -0.25) is 9.59 Å². The first kappa shape index (κ1) is 31.3. The summed E-state index contributed by atoms with van der Waals surface area (Å²) in [5.41, 5.74) is 2.04. The Morgan fingerprint density at radius 2 is 1.23 bits per heavy atom. The molecule has 1 aliphatic rings. The van der Waals surface area contributed by atoms with E-state index < -0.39 is 11.9 Å². The molecular weight excluding hydrogens is 500 g/mol. The van der Waals surface area contributed by atoms with Crippen molar-refractivity contribution in [2.24, 2.45) is 4.99 Å². The number of para-hydroxylation sites is 2. The van der Waals surface area contributed by atoms with Gasteiger partial charge in [-0.2, -0.15) is 0 Å². The zero-order valence-electron chi connectivity index (χ0n) is 24.2. The highest BCUT2D eigenvalue weighted by molar-refractivity contribution is 6.54. The Kier molecular flexibility index (Phi) is 14.2. The topological polar surface area (TPSA) is 84.8 Å². The molecule has 2 aromatic rings. The molecule has 3 rings (SSSR count). The molecule has 216 valence electrons. The lowest BCUT2D eigenvalue weighted by atomic mass is 10.0. The summed E-state index contributed by atoms with van der Waals surface area (Å²) < 4.78 is 5.11. The highest BCUT2D eigenvalue weighted by Gasteiger charge is 2.26. The Morgan fingerprint density at radius 1 is 0.700 bits per heavy atom. The van der Waals surface area contributed by atoms with E-state index in [0.717, 1.165) is 12.8 Å². The SMILES string of the molecule is CCCCCCCCCCCCCCCCCCC(=O)OC(=O)c1ccccc1N=C1C(=O)Nc2ccccc21. The number of fused-ring (bicyclic) bond motifs is 1. The number of benzene rings is 2. The van der Waals surface area contributed by atoms with E-state index in [1.54, 1.807) is 36.4 Å². The molecule has 6 heteroatoms. The van der Waals surface area contributed by atoms with Crippen molar-refractivity contribution >= 4 is 34.9 Å². The first-order chi connectivity index (χ1) is 19.6. The van der Waals surface area contributed by atoms with Gasteiger partial charge in [-0.1, -0.05) is 134 Å². The van der Waals surface area contributed by atoms with Gasteiger partial charge < -0.3 is 10.1 Å². The van der Waals surface area contributed by atoms with Gasteiger partial charge in [-0.05, 0) is 24.6 Å². The van der Waals surface area contributed by atoms with Crippen LogP contribution in [0.15, 0.2) is 53.5 Å². The van der Waals surface area contributed by atoms with Gasteiger partial charge in [0.1, 0.15) is 5.71 Å². The number of aliphatic imine (C=N–C) groups is 1. The summed E-state index contributed by atoms with van der Waals surface area (Å²) in [6.45, 7) is 2.26. The minimum Gasteiger partial charge on any atom is -0.389 e. The van der Waals surface area contributed by atoms with E-state index in [2.05, 4.69) is 17.2 Å². The summed E-state index contributed by atoms with van der Waals surface area (Å²) in [6.07, 6.45) is 20.5. The van der Waals surface area contributed by atoms with Crippen LogP contribution in [0.3, 0.4) is 0 Å². The zero-order valence-corrected chi connectivity index (χ0v) is 24.2. The predicted molar refractivity (Wildman–Crippen MR) is 162 cm³/mol. The molecule has 1 amide bonds. The average molecular weight is 547 g/mol. The number of ether oxygens (including phenoxy) is 1. The molecule has 1 N–H and O–H groups in total. The lowest BCUT2D eigenvalue weighted by molar-refractivity contribution is -0.138. The number of esters is 2. The molecule has 6 nitrogen and oxygen atoms in total. The number of unbranched alkanes of at least 4 members (excludes halogenated alkanes) is 15. The third-order valence-electron chi connectivity index (χ3n) is 7.44. The van der Waals surface area contributed by atoms with Gasteiger partial charge in [-0.15, -0.1) is 0 Å². The minimum atomic E-state index is -0.742. The lowest BCUT2D eigenvalue weighted by Crippen LogP contribution is -2.15. The highest BCUT2D eigenvalue weighted by atomic mass is 16.6. The van der Waals surface area contributed by atoms with Crippen LogP contribution in [0.25, 0.3) is 0 Å². The number of anilines is 1. The maximum absolute atomic E-state index is 12.7. The standard InChI is InChI=1S/C34H46N2O4/c1-2-3-4-5-6-7-8-9-10-11-12-13-14-15-16-17-26-31(37)40-34(39)28-23-19-21-25-30(28)35-32-27-22-18-20-24-29(27)36-33(32)38/h18-25H,2-17,26H2,1H3,(H,35,36,38). The second-order valence-electron chi connectivity index (χ2n) is 10.8. The van der Waals surface area contributed by atoms with Gasteiger partial charge in [0.25, 0.3) is 5.91 Å². The van der Waals surface area contributed by atoms with Crippen molar-refractivity contribution in [3.8, 4) is 0 Å². The Hall–Kier alpha value is -3.28. The molecule has 0 spiro atoms. The van der Waals surface area contributed by atoms with Crippen LogP contribution in [0.1, 0.15) is 132 Å². The van der Waals surface area contributed by atoms with Gasteiger partial charge >= 0.3 is 11.9 Å². The van der Waals surface area contributed by atoms with Crippen LogP contribution in [-0.2, 0) is 14.3 Å². The summed E-state index contributed by atoms with van der Waals surface area (Å²) in [6, 6.07) is 13.9. The van der Waals surface area contributed by atoms with E-state index in [1.807, 2.05) is 12.1 Å². The Morgan fingerprint density at radius 3 is 1.85 bits per heavy atom. The highest BCUT2D eigenvalue weighted by Crippen LogP contribution is 2.27. The maximum Gasteiger partial charge on any atom is 0.347 e. The molecule has 0 saturated heterocycles. The summed E-state index contributed by atoms with van der Waals surface area (Å²) in [7, 11) is 0. The van der Waals surface area contributed by atoms with Crippen molar-refractivity contribution in [1.29, 1.82) is 0 Å². The molecule has 0 radical (unpaired) electrons. The lowest BCUT2D eigenvalue weighted by Gasteiger charge is -2.07. The van der Waals surface area contributed by atoms with E-state index >= 15 is 0 Å². The van der Waals surface area contributed by atoms with Gasteiger partial charge in [0, 0.05) is 12.0 Å². The van der Waals surface area contributed by atoms with Crippen LogP contribution in [-0.4, -0.2) is 23.6 Å². The molecule has 1 heterocycles. The molecule has 2 aromatic carbocycles. The second-order valence-corrected chi connectivity index (χ2v) is 10.8. The van der Waals surface area contributed by atoms with Crippen LogP contribution in [0.2, 0.25) is 0 Å². The summed E-state index contributed by atoms with van der Waals surface area (Å²) >= 11 is 0. The maximum atomic E-state index is 12.7. The number of carbonyl (C=O) groups excluding carboxylic acids is 3. The fourth-order valence-corrected chi connectivity index (χ4v) is 5.10. The van der Waals surface area contributed by atoms with Gasteiger partial charge in [0.15, 0.2) is 0 Å². The third-order valence-corrected chi connectivity index (χ3v) is 7.44. The monoisotopic (exact) mass is 546 g/mol. The Bertz CT molecular complexity index is 1120. The Balaban J connectivity index is 1.27. The summed E-state index contributed by atoms with van der Waals surface area (Å²) in [5.74, 6) is -1.60. The van der Waals surface area contributed by atoms with Crippen LogP contribution in [0.5, 0.6) is 0 Å². The first-order valence-corrected chi connectivity index (χ1v) is 15.4. The third kappa shape index (κ3) is 10.7. The molecule has 0 atom stereocenters. The second kappa shape index (κ2) is 18.1. The molecule has 0 saturated carbocycles. The molecule has 40 heavy (non-hydrogen) atoms. The number of rotatable bonds is 19. The van der Waals surface area contributed by atoms with Gasteiger partial charge in [0.05, 0.1) is 16.9 Å². The van der Waals surface area contributed by atoms with Crippen LogP contribution in [0.4, 0.5) is 11.4 Å². The Labute approximate surface area is 240 Å². The fourth-order valence-electron chi connectivity index (χ4n) is 5.10. The molecule has 0 unspecified atom stereocenters. The van der Waals surface area contributed by atoms with E-state index in [-0.39, 0.29) is 23.6 Å². The summed E-state index contributed by atoms with van der Waals surface area (Å²) in [4.78, 5) is 41.9. The predicted octanol–water partition coefficient (Wildman–Crippen LogP) is 9.09. The number of hydrogen-bond donors (Lipinski definition) is 1. The fraction of sp³-hybridized carbons (Fsp3) is 0.529. The molecule has 0 aromatic heterocycles. The summed E-state index contributed by atoms with van der Waals surface area (Å²) in [5, 5.41) is 2.77. The first-order valence-electron chi connectivity index (χ1n) is 15.4. The van der Waals surface area contributed by atoms with Gasteiger partial charge in [0.2, 0.25) is 0 Å². The zero-order chi connectivity index (χ0) is 28.4. The van der Waals surface area contributed by atoms with E-state index in [0.29, 0.717) is 23.4 Å². The van der Waals surface area contributed by atoms with Crippen molar-refractivity contribution < 1.29 is 19.1 Å². The van der Waals surface area contributed by atoms with E-state index in [4.69, 9.17) is 4.74 Å². The average Bonchev–Trinajstić information content (AvgIpc) is 3.27. The van der Waals surface area contributed by atoms with Crippen molar-refractivity contribution in [1.82, 2.24) is 0 Å². The quantitative estimate of drug-likeness (QED) is 0.108. The number of amides is 1. The molecule has 0 bridgehead atoms. The van der Waals surface area contributed by atoms with E-state index in [1.165, 1.54) is 83.5 Å². The van der Waals surface area contributed by atoms with Crippen LogP contribution < -0.4 is 5.32 Å². The van der Waals surface area contributed by atoms with Crippen molar-refractivity contribution in [3.05, 3.63) is 59.7 Å². The van der Waals surface area contributed by atoms with Crippen LogP contribution >= 0.6 is 0 Å². The molecule has 0 aliphatic carbocycles. The number of nitrogens with one attached hydrogen (secondary N) is 1. The molecule has 1 aliphatic heterocycles. The molecule has 0 fully saturated rings. The van der Waals surface area contributed by atoms with Crippen molar-refractivity contribution in [2.45, 2.75) is 116 Å².